The highest BCUT2D eigenvalue weighted by molar-refractivity contribution is 5.78. The Hall–Kier alpha value is -1.46. The van der Waals surface area contributed by atoms with Crippen molar-refractivity contribution < 1.29 is 9.18 Å². The summed E-state index contributed by atoms with van der Waals surface area (Å²) in [7, 11) is 2.07. The van der Waals surface area contributed by atoms with Crippen LogP contribution in [0, 0.1) is 5.82 Å². The lowest BCUT2D eigenvalue weighted by molar-refractivity contribution is -0.131. The highest BCUT2D eigenvalue weighted by atomic mass is 19.1. The molecule has 1 fully saturated rings. The third-order valence-corrected chi connectivity index (χ3v) is 3.79. The van der Waals surface area contributed by atoms with Crippen molar-refractivity contribution in [3.05, 3.63) is 35.6 Å². The first kappa shape index (κ1) is 14.9. The molecule has 0 saturated carbocycles. The maximum atomic E-state index is 12.9. The summed E-state index contributed by atoms with van der Waals surface area (Å²) in [5.41, 5.74) is 0.984. The molecule has 0 aromatic heterocycles. The Kier molecular flexibility index (Phi) is 5.09. The van der Waals surface area contributed by atoms with Crippen LogP contribution in [0.3, 0.4) is 0 Å². The number of nitrogens with one attached hydrogen (secondary N) is 1. The summed E-state index contributed by atoms with van der Waals surface area (Å²) in [4.78, 5) is 16.2. The van der Waals surface area contributed by atoms with Gasteiger partial charge in [0.2, 0.25) is 5.91 Å². The Morgan fingerprint density at radius 1 is 1.25 bits per heavy atom. The van der Waals surface area contributed by atoms with Crippen LogP contribution in [0.15, 0.2) is 24.3 Å². The Morgan fingerprint density at radius 3 is 2.45 bits per heavy atom. The molecule has 0 radical (unpaired) electrons. The van der Waals surface area contributed by atoms with Crippen molar-refractivity contribution in [2.45, 2.75) is 13.0 Å². The maximum Gasteiger partial charge on any atom is 0.236 e. The minimum absolute atomic E-state index is 0.0343. The molecule has 0 aliphatic carbocycles. The number of hydrogen-bond donors (Lipinski definition) is 1. The Labute approximate surface area is 119 Å². The fourth-order valence-electron chi connectivity index (χ4n) is 2.28. The van der Waals surface area contributed by atoms with Crippen molar-refractivity contribution in [3.63, 3.8) is 0 Å². The van der Waals surface area contributed by atoms with Crippen LogP contribution in [0.1, 0.15) is 18.5 Å². The predicted molar refractivity (Wildman–Crippen MR) is 76.9 cm³/mol. The second-order valence-electron chi connectivity index (χ2n) is 5.34. The van der Waals surface area contributed by atoms with Crippen LogP contribution in [-0.2, 0) is 4.79 Å². The summed E-state index contributed by atoms with van der Waals surface area (Å²) in [5.74, 6) is -0.110. The van der Waals surface area contributed by atoms with Crippen molar-refractivity contribution in [3.8, 4) is 0 Å². The minimum Gasteiger partial charge on any atom is -0.339 e. The monoisotopic (exact) mass is 279 g/mol. The summed E-state index contributed by atoms with van der Waals surface area (Å²) in [6.07, 6.45) is 0. The second kappa shape index (κ2) is 6.81. The minimum atomic E-state index is -0.241. The molecule has 1 heterocycles. The molecule has 1 aromatic rings. The van der Waals surface area contributed by atoms with E-state index >= 15 is 0 Å². The van der Waals surface area contributed by atoms with Gasteiger partial charge in [0.15, 0.2) is 0 Å². The molecule has 0 unspecified atom stereocenters. The molecule has 4 nitrogen and oxygen atoms in total. The number of rotatable bonds is 4. The molecule has 20 heavy (non-hydrogen) atoms. The van der Waals surface area contributed by atoms with Crippen molar-refractivity contribution >= 4 is 5.91 Å². The molecule has 2 rings (SSSR count). The fourth-order valence-corrected chi connectivity index (χ4v) is 2.28. The third-order valence-electron chi connectivity index (χ3n) is 3.79. The summed E-state index contributed by atoms with van der Waals surface area (Å²) < 4.78 is 12.9. The highest BCUT2D eigenvalue weighted by Gasteiger charge is 2.19. The summed E-state index contributed by atoms with van der Waals surface area (Å²) in [6, 6.07) is 6.40. The summed E-state index contributed by atoms with van der Waals surface area (Å²) in [6.45, 7) is 5.75. The van der Waals surface area contributed by atoms with Gasteiger partial charge in [-0.3, -0.25) is 4.79 Å². The van der Waals surface area contributed by atoms with Gasteiger partial charge in [-0.2, -0.15) is 0 Å². The number of halogens is 1. The quantitative estimate of drug-likeness (QED) is 0.901. The molecule has 1 N–H and O–H groups in total. The van der Waals surface area contributed by atoms with Gasteiger partial charge in [-0.25, -0.2) is 4.39 Å². The molecular formula is C15H22FN3O. The number of hydrogen-bond acceptors (Lipinski definition) is 3. The number of amides is 1. The zero-order valence-electron chi connectivity index (χ0n) is 12.1. The SMILES string of the molecule is C[C@H](NCC(=O)N1CCN(C)CC1)c1ccc(F)cc1. The first-order valence-electron chi connectivity index (χ1n) is 7.01. The average Bonchev–Trinajstić information content (AvgIpc) is 2.46. The van der Waals surface area contributed by atoms with Crippen LogP contribution in [0.5, 0.6) is 0 Å². The van der Waals surface area contributed by atoms with E-state index in [1.165, 1.54) is 12.1 Å². The van der Waals surface area contributed by atoms with Gasteiger partial charge in [-0.05, 0) is 31.7 Å². The fraction of sp³-hybridized carbons (Fsp3) is 0.533. The third kappa shape index (κ3) is 4.02. The van der Waals surface area contributed by atoms with Crippen LogP contribution in [0.4, 0.5) is 4.39 Å². The van der Waals surface area contributed by atoms with Crippen molar-refractivity contribution in [1.82, 2.24) is 15.1 Å². The largest absolute Gasteiger partial charge is 0.339 e. The lowest BCUT2D eigenvalue weighted by atomic mass is 10.1. The maximum absolute atomic E-state index is 12.9. The molecule has 1 aliphatic heterocycles. The molecule has 1 atom stereocenters. The van der Waals surface area contributed by atoms with E-state index in [9.17, 15) is 9.18 Å². The number of benzene rings is 1. The van der Waals surface area contributed by atoms with Crippen molar-refractivity contribution in [1.29, 1.82) is 0 Å². The molecule has 1 aliphatic rings. The molecule has 5 heteroatoms. The highest BCUT2D eigenvalue weighted by Crippen LogP contribution is 2.12. The topological polar surface area (TPSA) is 35.6 Å². The normalized spacial score (nSPS) is 18.1. The zero-order chi connectivity index (χ0) is 14.5. The lowest BCUT2D eigenvalue weighted by Crippen LogP contribution is -2.49. The van der Waals surface area contributed by atoms with Crippen molar-refractivity contribution in [2.24, 2.45) is 0 Å². The first-order chi connectivity index (χ1) is 9.56. The van der Waals surface area contributed by atoms with Gasteiger partial charge in [0.25, 0.3) is 0 Å². The van der Waals surface area contributed by atoms with Crippen molar-refractivity contribution in [2.75, 3.05) is 39.8 Å². The van der Waals surface area contributed by atoms with E-state index in [-0.39, 0.29) is 17.8 Å². The van der Waals surface area contributed by atoms with E-state index in [2.05, 4.69) is 17.3 Å². The number of likely N-dealkylation sites (N-methyl/N-ethyl adjacent to an activating group) is 1. The Bertz CT molecular complexity index is 441. The van der Waals surface area contributed by atoms with E-state index in [0.717, 1.165) is 31.7 Å². The lowest BCUT2D eigenvalue weighted by Gasteiger charge is -2.32. The standard InChI is InChI=1S/C15H22FN3O/c1-12(13-3-5-14(16)6-4-13)17-11-15(20)19-9-7-18(2)8-10-19/h3-6,12,17H,7-11H2,1-2H3/t12-/m0/s1. The molecular weight excluding hydrogens is 257 g/mol. The number of nitrogens with zero attached hydrogens (tertiary/aromatic N) is 2. The summed E-state index contributed by atoms with van der Waals surface area (Å²) >= 11 is 0. The molecule has 1 amide bonds. The second-order valence-corrected chi connectivity index (χ2v) is 5.34. The number of piperazine rings is 1. The molecule has 0 spiro atoms. The van der Waals surface area contributed by atoms with E-state index in [1.54, 1.807) is 12.1 Å². The van der Waals surface area contributed by atoms with Gasteiger partial charge in [-0.1, -0.05) is 12.1 Å². The summed E-state index contributed by atoms with van der Waals surface area (Å²) in [5, 5.41) is 3.20. The zero-order valence-corrected chi connectivity index (χ0v) is 12.1. The van der Waals surface area contributed by atoms with Gasteiger partial charge < -0.3 is 15.1 Å². The molecule has 1 saturated heterocycles. The number of carbonyl (C=O) groups excluding carboxylic acids is 1. The van der Waals surface area contributed by atoms with Crippen LogP contribution in [-0.4, -0.2) is 55.5 Å². The van der Waals surface area contributed by atoms with Crippen LogP contribution in [0.25, 0.3) is 0 Å². The van der Waals surface area contributed by atoms with E-state index in [4.69, 9.17) is 0 Å². The first-order valence-corrected chi connectivity index (χ1v) is 7.01. The molecule has 0 bridgehead atoms. The predicted octanol–water partition coefficient (Wildman–Crippen LogP) is 1.25. The number of carbonyl (C=O) groups is 1. The van der Waals surface area contributed by atoms with E-state index < -0.39 is 0 Å². The average molecular weight is 279 g/mol. The van der Waals surface area contributed by atoms with Gasteiger partial charge in [-0.15, -0.1) is 0 Å². The Morgan fingerprint density at radius 2 is 1.85 bits per heavy atom. The Balaban J connectivity index is 1.79. The van der Waals surface area contributed by atoms with E-state index in [1.807, 2.05) is 11.8 Å². The van der Waals surface area contributed by atoms with Gasteiger partial charge in [0.05, 0.1) is 6.54 Å². The van der Waals surface area contributed by atoms with Gasteiger partial charge in [0, 0.05) is 32.2 Å². The van der Waals surface area contributed by atoms with E-state index in [0.29, 0.717) is 6.54 Å². The van der Waals surface area contributed by atoms with Gasteiger partial charge in [0.1, 0.15) is 5.82 Å². The van der Waals surface area contributed by atoms with Crippen LogP contribution in [0.2, 0.25) is 0 Å². The smallest absolute Gasteiger partial charge is 0.236 e. The van der Waals surface area contributed by atoms with Crippen LogP contribution >= 0.6 is 0 Å². The van der Waals surface area contributed by atoms with Crippen LogP contribution < -0.4 is 5.32 Å². The molecule has 1 aromatic carbocycles. The van der Waals surface area contributed by atoms with Gasteiger partial charge >= 0.3 is 0 Å². The molecule has 110 valence electrons.